The Bertz CT molecular complexity index is 1750. The van der Waals surface area contributed by atoms with E-state index < -0.39 is 18.4 Å². The zero-order chi connectivity index (χ0) is 36.2. The maximum atomic E-state index is 13.7. The highest BCUT2D eigenvalue weighted by Gasteiger charge is 2.46. The minimum atomic E-state index is -1.37. The molecule has 0 saturated carbocycles. The molecule has 15 heteroatoms. The number of hydrogen-bond acceptors (Lipinski definition) is 12. The van der Waals surface area contributed by atoms with Crippen LogP contribution in [0.15, 0.2) is 53.6 Å². The van der Waals surface area contributed by atoms with Crippen molar-refractivity contribution >= 4 is 58.0 Å². The summed E-state index contributed by atoms with van der Waals surface area (Å²) < 4.78 is 28.8. The predicted molar refractivity (Wildman–Crippen MR) is 197 cm³/mol. The standard InChI is InChI=1S/C36H42N4O9S2/c1-21-12-23-18-37-26-16-31(29(45-3)14-24(26)33(41)38(23)19-21)47-8-6-5-7-9-48-32-17-27-25(15-30(32)46-4)34(42)39-20-22(2)13-28(39)35(43)40(27)36(44)49-10-11-51-50/h14-18,23,28,35,43,50H,1-2,5-13,19-20H2,3-4H3. The fourth-order valence-corrected chi connectivity index (χ4v) is 7.15. The van der Waals surface area contributed by atoms with Crippen LogP contribution in [0.5, 0.6) is 23.0 Å². The van der Waals surface area contributed by atoms with Crippen molar-refractivity contribution < 1.29 is 43.2 Å². The second-order valence-electron chi connectivity index (χ2n) is 12.7. The number of rotatable bonds is 13. The third-order valence-electron chi connectivity index (χ3n) is 9.29. The van der Waals surface area contributed by atoms with Gasteiger partial charge in [-0.1, -0.05) is 35.1 Å². The van der Waals surface area contributed by atoms with Crippen LogP contribution < -0.4 is 23.8 Å². The van der Waals surface area contributed by atoms with Crippen LogP contribution in [0, 0.1) is 0 Å². The Morgan fingerprint density at radius 2 is 1.51 bits per heavy atom. The zero-order valence-electron chi connectivity index (χ0n) is 28.7. The van der Waals surface area contributed by atoms with Gasteiger partial charge < -0.3 is 38.6 Å². The van der Waals surface area contributed by atoms with Gasteiger partial charge >= 0.3 is 6.09 Å². The maximum Gasteiger partial charge on any atom is 0.416 e. The van der Waals surface area contributed by atoms with Gasteiger partial charge in [0.25, 0.3) is 11.8 Å². The number of amides is 3. The van der Waals surface area contributed by atoms with Crippen LogP contribution in [0.3, 0.4) is 0 Å². The van der Waals surface area contributed by atoms with E-state index in [9.17, 15) is 19.5 Å². The number of nitrogens with zero attached hydrogens (tertiary/aromatic N) is 4. The van der Waals surface area contributed by atoms with E-state index in [1.165, 1.54) is 36.0 Å². The molecular weight excluding hydrogens is 697 g/mol. The minimum absolute atomic E-state index is 0.0760. The molecule has 0 bridgehead atoms. The highest BCUT2D eigenvalue weighted by atomic mass is 33.1. The van der Waals surface area contributed by atoms with Crippen molar-refractivity contribution in [3.63, 3.8) is 0 Å². The average molecular weight is 739 g/mol. The van der Waals surface area contributed by atoms with Crippen LogP contribution in [-0.2, 0) is 4.74 Å². The number of ether oxygens (including phenoxy) is 5. The van der Waals surface area contributed by atoms with Gasteiger partial charge in [0.05, 0.1) is 62.0 Å². The number of thiol groups is 1. The number of anilines is 1. The van der Waals surface area contributed by atoms with Gasteiger partial charge in [-0.3, -0.25) is 14.6 Å². The van der Waals surface area contributed by atoms with E-state index in [0.29, 0.717) is 85.4 Å². The number of carbonyl (C=O) groups is 3. The Balaban J connectivity index is 1.09. The largest absolute Gasteiger partial charge is 0.493 e. The molecule has 1 N–H and O–H groups in total. The smallest absolute Gasteiger partial charge is 0.416 e. The average Bonchev–Trinajstić information content (AvgIpc) is 3.66. The van der Waals surface area contributed by atoms with Gasteiger partial charge in [0, 0.05) is 37.2 Å². The normalized spacial score (nSPS) is 20.7. The van der Waals surface area contributed by atoms with Gasteiger partial charge in [0.2, 0.25) is 0 Å². The molecule has 3 atom stereocenters. The molecule has 51 heavy (non-hydrogen) atoms. The van der Waals surface area contributed by atoms with Crippen molar-refractivity contribution in [2.75, 3.05) is 57.8 Å². The molecule has 4 aliphatic rings. The summed E-state index contributed by atoms with van der Waals surface area (Å²) in [7, 11) is 4.23. The zero-order valence-corrected chi connectivity index (χ0v) is 30.4. The second-order valence-corrected chi connectivity index (χ2v) is 14.2. The van der Waals surface area contributed by atoms with E-state index in [2.05, 4.69) is 29.8 Å². The summed E-state index contributed by atoms with van der Waals surface area (Å²) in [5.41, 5.74) is 3.15. The lowest BCUT2D eigenvalue weighted by atomic mass is 10.1. The summed E-state index contributed by atoms with van der Waals surface area (Å²) in [6, 6.07) is 5.73. The quantitative estimate of drug-likeness (QED) is 0.118. The lowest BCUT2D eigenvalue weighted by Crippen LogP contribution is -2.51. The van der Waals surface area contributed by atoms with Crippen LogP contribution in [0.25, 0.3) is 0 Å². The van der Waals surface area contributed by atoms with Crippen LogP contribution in [-0.4, -0.2) is 110 Å². The summed E-state index contributed by atoms with van der Waals surface area (Å²) >= 11 is 4.09. The summed E-state index contributed by atoms with van der Waals surface area (Å²) in [6.07, 6.45) is 2.83. The van der Waals surface area contributed by atoms with Crippen LogP contribution in [0.4, 0.5) is 16.2 Å². The molecular formula is C36H42N4O9S2. The highest BCUT2D eigenvalue weighted by molar-refractivity contribution is 8.68. The molecule has 4 heterocycles. The monoisotopic (exact) mass is 738 g/mol. The Morgan fingerprint density at radius 3 is 2.20 bits per heavy atom. The number of benzene rings is 2. The highest BCUT2D eigenvalue weighted by Crippen LogP contribution is 2.42. The Morgan fingerprint density at radius 1 is 0.882 bits per heavy atom. The molecule has 272 valence electrons. The molecule has 6 rings (SSSR count). The summed E-state index contributed by atoms with van der Waals surface area (Å²) in [5.74, 6) is 1.59. The Hall–Kier alpha value is -4.34. The van der Waals surface area contributed by atoms with E-state index in [0.717, 1.165) is 22.5 Å². The lowest BCUT2D eigenvalue weighted by molar-refractivity contribution is 0.0493. The van der Waals surface area contributed by atoms with Gasteiger partial charge in [-0.05, 0) is 44.2 Å². The number of aliphatic imine (C=N–C) groups is 1. The van der Waals surface area contributed by atoms with Gasteiger partial charge in [-0.15, -0.1) is 11.7 Å². The van der Waals surface area contributed by atoms with Crippen molar-refractivity contribution in [1.82, 2.24) is 9.80 Å². The predicted octanol–water partition coefficient (Wildman–Crippen LogP) is 5.44. The SMILES string of the molecule is C=C1CC2C=Nc3cc(OCCCCCOc4cc5c(cc4OC)C(=O)N4CC(=C)CC4C(O)N5C(=O)OCCSS)c(OC)cc3C(=O)N2C1. The number of hydrogen-bond donors (Lipinski definition) is 2. The molecule has 2 saturated heterocycles. The maximum absolute atomic E-state index is 13.7. The van der Waals surface area contributed by atoms with Crippen LogP contribution in [0.1, 0.15) is 52.8 Å². The first-order chi connectivity index (χ1) is 24.6. The number of aliphatic hydroxyl groups is 1. The van der Waals surface area contributed by atoms with Gasteiger partial charge in [0.1, 0.15) is 6.61 Å². The summed E-state index contributed by atoms with van der Waals surface area (Å²) in [4.78, 5) is 49.3. The molecule has 0 aromatic heterocycles. The Labute approximate surface area is 306 Å². The first-order valence-corrected chi connectivity index (χ1v) is 18.8. The lowest BCUT2D eigenvalue weighted by Gasteiger charge is -2.31. The minimum Gasteiger partial charge on any atom is -0.493 e. The molecule has 0 spiro atoms. The second kappa shape index (κ2) is 15.9. The molecule has 4 aliphatic heterocycles. The number of methoxy groups -OCH3 is 2. The van der Waals surface area contributed by atoms with Gasteiger partial charge in [-0.25, -0.2) is 9.69 Å². The number of carbonyl (C=O) groups excluding carboxylic acids is 3. The topological polar surface area (TPSA) is 140 Å². The van der Waals surface area contributed by atoms with E-state index in [1.54, 1.807) is 29.3 Å². The van der Waals surface area contributed by atoms with Crippen molar-refractivity contribution in [3.05, 3.63) is 59.7 Å². The molecule has 0 radical (unpaired) electrons. The van der Waals surface area contributed by atoms with E-state index in [1.807, 2.05) is 0 Å². The number of fused-ring (bicyclic) bond motifs is 4. The fraction of sp³-hybridized carbons (Fsp3) is 0.444. The summed E-state index contributed by atoms with van der Waals surface area (Å²) in [5, 5.41) is 11.4. The Kier molecular flexibility index (Phi) is 11.4. The number of unbranched alkanes of at least 4 members (excludes halogenated alkanes) is 2. The molecule has 3 unspecified atom stereocenters. The van der Waals surface area contributed by atoms with E-state index in [4.69, 9.17) is 23.7 Å². The first-order valence-electron chi connectivity index (χ1n) is 16.7. The molecule has 3 amide bonds. The molecule has 2 aromatic carbocycles. The third kappa shape index (κ3) is 7.51. The van der Waals surface area contributed by atoms with E-state index >= 15 is 0 Å². The summed E-state index contributed by atoms with van der Waals surface area (Å²) in [6.45, 7) is 9.60. The van der Waals surface area contributed by atoms with E-state index in [-0.39, 0.29) is 42.3 Å². The van der Waals surface area contributed by atoms with Gasteiger partial charge in [-0.2, -0.15) is 0 Å². The molecule has 0 aliphatic carbocycles. The van der Waals surface area contributed by atoms with Gasteiger partial charge in [0.15, 0.2) is 29.2 Å². The van der Waals surface area contributed by atoms with Crippen molar-refractivity contribution in [2.24, 2.45) is 4.99 Å². The first kappa shape index (κ1) is 36.5. The molecule has 13 nitrogen and oxygen atoms in total. The van der Waals surface area contributed by atoms with Crippen LogP contribution in [0.2, 0.25) is 0 Å². The van der Waals surface area contributed by atoms with Crippen molar-refractivity contribution in [3.8, 4) is 23.0 Å². The van der Waals surface area contributed by atoms with Crippen molar-refractivity contribution in [1.29, 1.82) is 0 Å². The third-order valence-corrected chi connectivity index (χ3v) is 10.2. The fourth-order valence-electron chi connectivity index (χ4n) is 6.77. The molecule has 2 aromatic rings. The van der Waals surface area contributed by atoms with Crippen LogP contribution >= 0.6 is 22.5 Å². The van der Waals surface area contributed by atoms with Crippen molar-refractivity contribution in [2.45, 2.75) is 50.4 Å². The number of aliphatic hydroxyl groups excluding tert-OH is 1. The molecule has 2 fully saturated rings.